The Kier molecular flexibility index (Phi) is 3.31. The summed E-state index contributed by atoms with van der Waals surface area (Å²) in [6.07, 6.45) is 1.84. The van der Waals surface area contributed by atoms with E-state index in [2.05, 4.69) is 0 Å². The summed E-state index contributed by atoms with van der Waals surface area (Å²) in [7, 11) is -3.27. The molecule has 1 atom stereocenters. The second-order valence-electron chi connectivity index (χ2n) is 4.22. The Morgan fingerprint density at radius 1 is 1.41 bits per heavy atom. The van der Waals surface area contributed by atoms with Crippen LogP contribution in [0.4, 0.5) is 0 Å². The molecule has 17 heavy (non-hydrogen) atoms. The van der Waals surface area contributed by atoms with Crippen LogP contribution in [0, 0.1) is 5.92 Å². The molecule has 5 heteroatoms. The summed E-state index contributed by atoms with van der Waals surface area (Å²) < 4.78 is 27.9. The lowest BCUT2D eigenvalue weighted by Gasteiger charge is -2.07. The van der Waals surface area contributed by atoms with E-state index in [0.717, 1.165) is 6.26 Å². The average molecular weight is 254 g/mol. The number of carbonyl (C=O) groups excluding carboxylic acids is 1. The van der Waals surface area contributed by atoms with Crippen LogP contribution in [-0.2, 0) is 14.6 Å². The van der Waals surface area contributed by atoms with Crippen LogP contribution in [0.25, 0.3) is 0 Å². The molecule has 0 bridgehead atoms. The molecule has 0 radical (unpaired) electrons. The summed E-state index contributed by atoms with van der Waals surface area (Å²) in [6, 6.07) is 6.18. The second-order valence-corrected chi connectivity index (χ2v) is 6.24. The number of rotatable bonds is 3. The van der Waals surface area contributed by atoms with Gasteiger partial charge in [0.2, 0.25) is 0 Å². The lowest BCUT2D eigenvalue weighted by Crippen LogP contribution is -2.15. The standard InChI is InChI=1S/C12H14O4S/c1-17(14,15)11-4-2-3-9(7-11)12(13)10-5-6-16-8-10/h2-4,7,10H,5-6,8H2,1H3. The molecule has 4 nitrogen and oxygen atoms in total. The quantitative estimate of drug-likeness (QED) is 0.763. The van der Waals surface area contributed by atoms with Crippen molar-refractivity contribution in [2.45, 2.75) is 11.3 Å². The largest absolute Gasteiger partial charge is 0.381 e. The number of carbonyl (C=O) groups is 1. The first-order valence-corrected chi connectivity index (χ1v) is 7.30. The van der Waals surface area contributed by atoms with E-state index in [-0.39, 0.29) is 16.6 Å². The maximum absolute atomic E-state index is 12.1. The lowest BCUT2D eigenvalue weighted by atomic mass is 9.97. The van der Waals surface area contributed by atoms with Gasteiger partial charge in [-0.1, -0.05) is 12.1 Å². The Labute approximate surface area is 101 Å². The van der Waals surface area contributed by atoms with Gasteiger partial charge in [-0.05, 0) is 18.6 Å². The fourth-order valence-corrected chi connectivity index (χ4v) is 2.52. The van der Waals surface area contributed by atoms with E-state index >= 15 is 0 Å². The smallest absolute Gasteiger partial charge is 0.175 e. The fraction of sp³-hybridized carbons (Fsp3) is 0.417. The molecule has 1 saturated heterocycles. The van der Waals surface area contributed by atoms with E-state index in [1.54, 1.807) is 12.1 Å². The van der Waals surface area contributed by atoms with Crippen molar-refractivity contribution in [1.82, 2.24) is 0 Å². The van der Waals surface area contributed by atoms with Gasteiger partial charge in [-0.25, -0.2) is 8.42 Å². The molecule has 0 spiro atoms. The summed E-state index contributed by atoms with van der Waals surface area (Å²) in [4.78, 5) is 12.2. The minimum Gasteiger partial charge on any atom is -0.381 e. The molecule has 0 aromatic heterocycles. The molecule has 0 saturated carbocycles. The third-order valence-corrected chi connectivity index (χ3v) is 3.96. The Bertz CT molecular complexity index is 527. The predicted octanol–water partition coefficient (Wildman–Crippen LogP) is 1.31. The normalized spacial score (nSPS) is 20.4. The highest BCUT2D eigenvalue weighted by molar-refractivity contribution is 7.90. The minimum absolute atomic E-state index is 0.0343. The van der Waals surface area contributed by atoms with Crippen LogP contribution in [0.3, 0.4) is 0 Å². The molecule has 1 heterocycles. The fourth-order valence-electron chi connectivity index (χ4n) is 1.86. The zero-order valence-corrected chi connectivity index (χ0v) is 10.4. The maximum Gasteiger partial charge on any atom is 0.175 e. The van der Waals surface area contributed by atoms with Crippen molar-refractivity contribution in [1.29, 1.82) is 0 Å². The van der Waals surface area contributed by atoms with Gasteiger partial charge < -0.3 is 4.74 Å². The Morgan fingerprint density at radius 2 is 2.18 bits per heavy atom. The van der Waals surface area contributed by atoms with Gasteiger partial charge in [-0.15, -0.1) is 0 Å². The SMILES string of the molecule is CS(=O)(=O)c1cccc(C(=O)C2CCOC2)c1. The highest BCUT2D eigenvalue weighted by Crippen LogP contribution is 2.20. The van der Waals surface area contributed by atoms with E-state index in [1.807, 2.05) is 0 Å². The van der Waals surface area contributed by atoms with Gasteiger partial charge in [-0.2, -0.15) is 0 Å². The third-order valence-electron chi connectivity index (χ3n) is 2.85. The van der Waals surface area contributed by atoms with Crippen molar-refractivity contribution in [3.63, 3.8) is 0 Å². The summed E-state index contributed by atoms with van der Waals surface area (Å²) in [5, 5.41) is 0. The van der Waals surface area contributed by atoms with Crippen LogP contribution in [0.5, 0.6) is 0 Å². The second kappa shape index (κ2) is 4.58. The highest BCUT2D eigenvalue weighted by atomic mass is 32.2. The van der Waals surface area contributed by atoms with Crippen LogP contribution >= 0.6 is 0 Å². The van der Waals surface area contributed by atoms with Crippen LogP contribution in [0.2, 0.25) is 0 Å². The highest BCUT2D eigenvalue weighted by Gasteiger charge is 2.25. The van der Waals surface area contributed by atoms with Gasteiger partial charge in [0.15, 0.2) is 15.6 Å². The molecule has 1 aromatic carbocycles. The molecule has 92 valence electrons. The molecular weight excluding hydrogens is 240 g/mol. The van der Waals surface area contributed by atoms with E-state index in [0.29, 0.717) is 25.2 Å². The lowest BCUT2D eigenvalue weighted by molar-refractivity contribution is 0.0900. The van der Waals surface area contributed by atoms with Gasteiger partial charge in [-0.3, -0.25) is 4.79 Å². The maximum atomic E-state index is 12.1. The van der Waals surface area contributed by atoms with Crippen molar-refractivity contribution in [2.75, 3.05) is 19.5 Å². The molecule has 0 N–H and O–H groups in total. The monoisotopic (exact) mass is 254 g/mol. The van der Waals surface area contributed by atoms with Crippen LogP contribution in [0.1, 0.15) is 16.8 Å². The van der Waals surface area contributed by atoms with E-state index in [4.69, 9.17) is 4.74 Å². The van der Waals surface area contributed by atoms with Crippen molar-refractivity contribution >= 4 is 15.6 Å². The number of ether oxygens (including phenoxy) is 1. The van der Waals surface area contributed by atoms with Crippen LogP contribution < -0.4 is 0 Å². The molecule has 0 aliphatic carbocycles. The van der Waals surface area contributed by atoms with Crippen molar-refractivity contribution < 1.29 is 17.9 Å². The molecular formula is C12H14O4S. The first-order chi connectivity index (χ1) is 7.98. The van der Waals surface area contributed by atoms with Gasteiger partial charge in [0.25, 0.3) is 0 Å². The van der Waals surface area contributed by atoms with Gasteiger partial charge in [0, 0.05) is 24.3 Å². The predicted molar refractivity (Wildman–Crippen MR) is 62.8 cm³/mol. The number of hydrogen-bond acceptors (Lipinski definition) is 4. The molecule has 1 aromatic rings. The van der Waals surface area contributed by atoms with Crippen molar-refractivity contribution in [3.05, 3.63) is 29.8 Å². The average Bonchev–Trinajstić information content (AvgIpc) is 2.80. The molecule has 1 aliphatic heterocycles. The molecule has 0 amide bonds. The van der Waals surface area contributed by atoms with Crippen molar-refractivity contribution in [2.24, 2.45) is 5.92 Å². The van der Waals surface area contributed by atoms with Crippen LogP contribution in [0.15, 0.2) is 29.2 Å². The zero-order valence-electron chi connectivity index (χ0n) is 9.55. The van der Waals surface area contributed by atoms with Gasteiger partial charge in [0.1, 0.15) is 0 Å². The summed E-state index contributed by atoms with van der Waals surface area (Å²) in [5.74, 6) is -0.169. The number of hydrogen-bond donors (Lipinski definition) is 0. The molecule has 1 unspecified atom stereocenters. The zero-order chi connectivity index (χ0) is 12.5. The molecule has 1 fully saturated rings. The van der Waals surface area contributed by atoms with E-state index in [9.17, 15) is 13.2 Å². The summed E-state index contributed by atoms with van der Waals surface area (Å²) >= 11 is 0. The first kappa shape index (κ1) is 12.3. The third kappa shape index (κ3) is 2.73. The van der Waals surface area contributed by atoms with Crippen molar-refractivity contribution in [3.8, 4) is 0 Å². The molecule has 1 aliphatic rings. The van der Waals surface area contributed by atoms with E-state index in [1.165, 1.54) is 12.1 Å². The number of ketones is 1. The Morgan fingerprint density at radius 3 is 2.76 bits per heavy atom. The number of Topliss-reactive ketones (excluding diaryl/α,β-unsaturated/α-hetero) is 1. The van der Waals surface area contributed by atoms with Gasteiger partial charge >= 0.3 is 0 Å². The first-order valence-electron chi connectivity index (χ1n) is 5.40. The van der Waals surface area contributed by atoms with Crippen LogP contribution in [-0.4, -0.2) is 33.7 Å². The Hall–Kier alpha value is -1.20. The van der Waals surface area contributed by atoms with E-state index < -0.39 is 9.84 Å². The summed E-state index contributed by atoms with van der Waals surface area (Å²) in [6.45, 7) is 1.03. The number of benzene rings is 1. The minimum atomic E-state index is -3.27. The Balaban J connectivity index is 2.30. The topological polar surface area (TPSA) is 60.4 Å². The molecule has 2 rings (SSSR count). The van der Waals surface area contributed by atoms with Gasteiger partial charge in [0.05, 0.1) is 11.5 Å². The summed E-state index contributed by atoms with van der Waals surface area (Å²) in [5.41, 5.74) is 0.448. The number of sulfone groups is 1.